The maximum absolute atomic E-state index is 11.7. The van der Waals surface area contributed by atoms with E-state index in [4.69, 9.17) is 39.5 Å². The minimum absolute atomic E-state index is 0.168. The summed E-state index contributed by atoms with van der Waals surface area (Å²) in [5, 5.41) is 0.843. The van der Waals surface area contributed by atoms with Crippen molar-refractivity contribution in [3.8, 4) is 0 Å². The van der Waals surface area contributed by atoms with Crippen molar-refractivity contribution in [1.82, 2.24) is 4.90 Å². The van der Waals surface area contributed by atoms with Gasteiger partial charge in [-0.1, -0.05) is 50.7 Å². The third kappa shape index (κ3) is 3.56. The number of hydrogen-bond donors (Lipinski definition) is 0. The van der Waals surface area contributed by atoms with Crippen LogP contribution in [0.25, 0.3) is 0 Å². The molecule has 0 radical (unpaired) electrons. The second-order valence-electron chi connectivity index (χ2n) is 4.19. The molecular formula is C9H13BrCl3NO2. The Kier molecular flexibility index (Phi) is 4.67. The van der Waals surface area contributed by atoms with Gasteiger partial charge in [-0.25, -0.2) is 4.79 Å². The van der Waals surface area contributed by atoms with Crippen LogP contribution in [0.15, 0.2) is 0 Å². The molecule has 1 aliphatic heterocycles. The summed E-state index contributed by atoms with van der Waals surface area (Å²) < 4.78 is 3.36. The first kappa shape index (κ1) is 14.7. The zero-order valence-corrected chi connectivity index (χ0v) is 12.8. The van der Waals surface area contributed by atoms with E-state index >= 15 is 0 Å². The number of rotatable bonds is 3. The molecule has 0 saturated carbocycles. The molecule has 1 atom stereocenters. The summed E-state index contributed by atoms with van der Waals surface area (Å²) in [7, 11) is 0. The molecule has 0 bridgehead atoms. The van der Waals surface area contributed by atoms with Crippen molar-refractivity contribution in [3.05, 3.63) is 0 Å². The second kappa shape index (κ2) is 5.09. The van der Waals surface area contributed by atoms with Crippen LogP contribution in [0, 0.1) is 0 Å². The van der Waals surface area contributed by atoms with Gasteiger partial charge in [-0.05, 0) is 20.3 Å². The SMILES string of the molecule is CC1(C)C(CCBr)N1C(=O)OCC(Cl)(Cl)Cl. The van der Waals surface area contributed by atoms with E-state index in [2.05, 4.69) is 15.9 Å². The molecule has 0 aromatic carbocycles. The summed E-state index contributed by atoms with van der Waals surface area (Å²) in [4.78, 5) is 13.3. The lowest BCUT2D eigenvalue weighted by Crippen LogP contribution is -2.24. The van der Waals surface area contributed by atoms with Crippen LogP contribution in [-0.4, -0.2) is 38.3 Å². The van der Waals surface area contributed by atoms with Gasteiger partial charge in [0.2, 0.25) is 3.79 Å². The summed E-state index contributed by atoms with van der Waals surface area (Å²) in [6.07, 6.45) is 0.456. The predicted molar refractivity (Wildman–Crippen MR) is 69.8 cm³/mol. The summed E-state index contributed by atoms with van der Waals surface area (Å²) in [6.45, 7) is 3.73. The monoisotopic (exact) mass is 351 g/mol. The van der Waals surface area contributed by atoms with Gasteiger partial charge in [-0.3, -0.25) is 4.90 Å². The van der Waals surface area contributed by atoms with Crippen molar-refractivity contribution in [2.75, 3.05) is 11.9 Å². The normalized spacial score (nSPS) is 23.1. The Morgan fingerprint density at radius 2 is 2.06 bits per heavy atom. The average molecular weight is 353 g/mol. The van der Waals surface area contributed by atoms with E-state index in [1.807, 2.05) is 13.8 Å². The lowest BCUT2D eigenvalue weighted by Gasteiger charge is -2.13. The van der Waals surface area contributed by atoms with Crippen molar-refractivity contribution < 1.29 is 9.53 Å². The number of carbonyl (C=O) groups is 1. The Morgan fingerprint density at radius 3 is 2.50 bits per heavy atom. The Bertz CT molecular complexity index is 280. The zero-order chi connectivity index (χ0) is 12.6. The van der Waals surface area contributed by atoms with Crippen LogP contribution in [-0.2, 0) is 4.74 Å². The molecule has 3 nitrogen and oxygen atoms in total. The lowest BCUT2D eigenvalue weighted by atomic mass is 10.1. The first-order valence-electron chi connectivity index (χ1n) is 4.79. The van der Waals surface area contributed by atoms with E-state index in [1.54, 1.807) is 4.90 Å². The number of halogens is 4. The van der Waals surface area contributed by atoms with Gasteiger partial charge >= 0.3 is 6.09 Å². The fourth-order valence-electron chi connectivity index (χ4n) is 1.73. The van der Waals surface area contributed by atoms with Gasteiger partial charge in [0.15, 0.2) is 0 Å². The Balaban J connectivity index is 2.45. The van der Waals surface area contributed by atoms with E-state index in [-0.39, 0.29) is 18.2 Å². The van der Waals surface area contributed by atoms with Crippen molar-refractivity contribution in [2.45, 2.75) is 35.6 Å². The van der Waals surface area contributed by atoms with E-state index in [0.717, 1.165) is 11.8 Å². The number of alkyl halides is 4. The van der Waals surface area contributed by atoms with Crippen LogP contribution in [0.4, 0.5) is 4.79 Å². The highest BCUT2D eigenvalue weighted by Crippen LogP contribution is 2.43. The summed E-state index contributed by atoms with van der Waals surface area (Å²) in [5.41, 5.74) is -0.168. The molecule has 0 aliphatic carbocycles. The smallest absolute Gasteiger partial charge is 0.410 e. The maximum atomic E-state index is 11.7. The Hall–Kier alpha value is 0.620. The molecule has 1 fully saturated rings. The summed E-state index contributed by atoms with van der Waals surface area (Å²) in [6, 6.07) is 0.190. The zero-order valence-electron chi connectivity index (χ0n) is 8.97. The predicted octanol–water partition coefficient (Wildman–Crippen LogP) is 3.74. The van der Waals surface area contributed by atoms with Gasteiger partial charge in [0.25, 0.3) is 0 Å². The van der Waals surface area contributed by atoms with Gasteiger partial charge in [-0.2, -0.15) is 0 Å². The minimum atomic E-state index is -1.55. The lowest BCUT2D eigenvalue weighted by molar-refractivity contribution is 0.125. The van der Waals surface area contributed by atoms with Crippen LogP contribution in [0.5, 0.6) is 0 Å². The molecule has 0 spiro atoms. The van der Waals surface area contributed by atoms with E-state index in [0.29, 0.717) is 0 Å². The molecule has 7 heteroatoms. The van der Waals surface area contributed by atoms with Crippen LogP contribution in [0.3, 0.4) is 0 Å². The third-order valence-corrected chi connectivity index (χ3v) is 3.40. The van der Waals surface area contributed by atoms with Gasteiger partial charge < -0.3 is 4.74 Å². The second-order valence-corrected chi connectivity index (χ2v) is 7.50. The van der Waals surface area contributed by atoms with Crippen molar-refractivity contribution in [1.29, 1.82) is 0 Å². The molecule has 1 unspecified atom stereocenters. The van der Waals surface area contributed by atoms with Crippen LogP contribution in [0.2, 0.25) is 0 Å². The van der Waals surface area contributed by atoms with E-state index in [1.165, 1.54) is 0 Å². The van der Waals surface area contributed by atoms with Crippen molar-refractivity contribution in [2.24, 2.45) is 0 Å². The number of amides is 1. The van der Waals surface area contributed by atoms with Gasteiger partial charge in [0, 0.05) is 5.33 Å². The largest absolute Gasteiger partial charge is 0.445 e. The minimum Gasteiger partial charge on any atom is -0.445 e. The average Bonchev–Trinajstić information content (AvgIpc) is 2.64. The molecule has 0 N–H and O–H groups in total. The van der Waals surface area contributed by atoms with Crippen molar-refractivity contribution >= 4 is 56.8 Å². The maximum Gasteiger partial charge on any atom is 0.410 e. The van der Waals surface area contributed by atoms with Crippen LogP contribution >= 0.6 is 50.7 Å². The van der Waals surface area contributed by atoms with Gasteiger partial charge in [-0.15, -0.1) is 0 Å². The highest BCUT2D eigenvalue weighted by molar-refractivity contribution is 9.09. The molecule has 0 aromatic heterocycles. The van der Waals surface area contributed by atoms with Gasteiger partial charge in [0.05, 0.1) is 11.6 Å². The molecule has 1 amide bonds. The summed E-state index contributed by atoms with van der Waals surface area (Å²) >= 11 is 19.8. The fraction of sp³-hybridized carbons (Fsp3) is 0.889. The quantitative estimate of drug-likeness (QED) is 0.571. The third-order valence-electron chi connectivity index (χ3n) is 2.62. The molecule has 16 heavy (non-hydrogen) atoms. The fourth-order valence-corrected chi connectivity index (χ4v) is 2.33. The first-order valence-corrected chi connectivity index (χ1v) is 7.04. The van der Waals surface area contributed by atoms with Crippen LogP contribution in [0.1, 0.15) is 20.3 Å². The molecule has 1 heterocycles. The standard InChI is InChI=1S/C9H13BrCl3NO2/c1-8(2)6(3-4-10)14(8)7(15)16-5-9(11,12)13/h6H,3-5H2,1-2H3. The highest BCUT2D eigenvalue weighted by Gasteiger charge is 2.58. The van der Waals surface area contributed by atoms with E-state index in [9.17, 15) is 4.79 Å². The molecule has 1 aliphatic rings. The topological polar surface area (TPSA) is 29.3 Å². The van der Waals surface area contributed by atoms with E-state index < -0.39 is 9.89 Å². The number of ether oxygens (including phenoxy) is 1. The van der Waals surface area contributed by atoms with Crippen molar-refractivity contribution in [3.63, 3.8) is 0 Å². The number of hydrogen-bond acceptors (Lipinski definition) is 2. The Morgan fingerprint density at radius 1 is 1.50 bits per heavy atom. The highest BCUT2D eigenvalue weighted by atomic mass is 79.9. The molecular weight excluding hydrogens is 340 g/mol. The van der Waals surface area contributed by atoms with Gasteiger partial charge in [0.1, 0.15) is 6.61 Å². The number of nitrogens with zero attached hydrogens (tertiary/aromatic N) is 1. The summed E-state index contributed by atoms with van der Waals surface area (Å²) in [5.74, 6) is 0. The molecule has 1 saturated heterocycles. The first-order chi connectivity index (χ1) is 7.20. The Labute approximate surface area is 118 Å². The van der Waals surface area contributed by atoms with Crippen LogP contribution < -0.4 is 0 Å². The molecule has 1 rings (SSSR count). The number of carbonyl (C=O) groups excluding carboxylic acids is 1. The molecule has 0 aromatic rings. The molecule has 94 valence electrons.